The van der Waals surface area contributed by atoms with E-state index >= 15 is 0 Å². The summed E-state index contributed by atoms with van der Waals surface area (Å²) in [5, 5.41) is 3.34. The number of hydrogen-bond acceptors (Lipinski definition) is 6. The van der Waals surface area contributed by atoms with Gasteiger partial charge in [0.1, 0.15) is 5.75 Å². The van der Waals surface area contributed by atoms with Gasteiger partial charge in [-0.3, -0.25) is 4.98 Å². The summed E-state index contributed by atoms with van der Waals surface area (Å²) in [6.07, 6.45) is -0.472. The lowest BCUT2D eigenvalue weighted by atomic mass is 10.1. The average Bonchev–Trinajstić information content (AvgIpc) is 2.78. The quantitative estimate of drug-likeness (QED) is 0.457. The van der Waals surface area contributed by atoms with Gasteiger partial charge in [-0.05, 0) is 58.0 Å². The molecule has 0 bridgehead atoms. The molecular formula is C25H29N3O5. The molecule has 0 spiro atoms. The first-order valence-corrected chi connectivity index (χ1v) is 10.8. The second kappa shape index (κ2) is 10.7. The molecule has 0 atom stereocenters. The smallest absolute Gasteiger partial charge is 0.434 e. The molecule has 2 aromatic carbocycles. The topological polar surface area (TPSA) is 81.2 Å². The number of anilines is 1. The van der Waals surface area contributed by atoms with Gasteiger partial charge in [0.2, 0.25) is 0 Å². The average molecular weight is 452 g/mol. The molecule has 8 heteroatoms. The summed E-state index contributed by atoms with van der Waals surface area (Å²) in [6, 6.07) is 16.2. The first kappa shape index (κ1) is 23.8. The fourth-order valence-electron chi connectivity index (χ4n) is 3.25. The number of aromatic nitrogens is 1. The minimum atomic E-state index is -0.705. The van der Waals surface area contributed by atoms with Crippen LogP contribution in [-0.4, -0.2) is 41.5 Å². The first-order valence-electron chi connectivity index (χ1n) is 10.8. The predicted octanol–water partition coefficient (Wildman–Crippen LogP) is 5.56. The third-order valence-electron chi connectivity index (χ3n) is 4.65. The zero-order valence-electron chi connectivity index (χ0n) is 19.5. The van der Waals surface area contributed by atoms with Crippen LogP contribution in [0.5, 0.6) is 5.75 Å². The summed E-state index contributed by atoms with van der Waals surface area (Å²) >= 11 is 0. The van der Waals surface area contributed by atoms with Crippen LogP contribution in [0.1, 0.15) is 33.3 Å². The van der Waals surface area contributed by atoms with Gasteiger partial charge in [0, 0.05) is 17.1 Å². The van der Waals surface area contributed by atoms with E-state index in [1.807, 2.05) is 30.3 Å². The number of methoxy groups -OCH3 is 1. The third-order valence-corrected chi connectivity index (χ3v) is 4.65. The number of hydrazine groups is 1. The monoisotopic (exact) mass is 451 g/mol. The van der Waals surface area contributed by atoms with Gasteiger partial charge in [0.25, 0.3) is 0 Å². The van der Waals surface area contributed by atoms with E-state index in [0.717, 1.165) is 16.5 Å². The SMILES string of the molecule is COc1ccc(N(C(=O)OC(C)C)N(Cc2cccc3cccnc23)C(=O)OC(C)C)cc1. The maximum atomic E-state index is 13.2. The fraction of sp³-hybridized carbons (Fsp3) is 0.320. The van der Waals surface area contributed by atoms with Crippen molar-refractivity contribution in [1.82, 2.24) is 9.99 Å². The van der Waals surface area contributed by atoms with Gasteiger partial charge < -0.3 is 14.2 Å². The Hall–Kier alpha value is -3.81. The molecule has 0 fully saturated rings. The van der Waals surface area contributed by atoms with Crippen LogP contribution in [0.15, 0.2) is 60.8 Å². The summed E-state index contributed by atoms with van der Waals surface area (Å²) in [4.78, 5) is 30.9. The van der Waals surface area contributed by atoms with Crippen molar-refractivity contribution in [1.29, 1.82) is 0 Å². The maximum absolute atomic E-state index is 13.2. The Labute approximate surface area is 193 Å². The molecule has 0 N–H and O–H groups in total. The maximum Gasteiger partial charge on any atom is 0.434 e. The van der Waals surface area contributed by atoms with E-state index in [0.29, 0.717) is 11.4 Å². The molecule has 174 valence electrons. The first-order chi connectivity index (χ1) is 15.8. The van der Waals surface area contributed by atoms with Crippen LogP contribution in [-0.2, 0) is 16.0 Å². The Balaban J connectivity index is 2.09. The molecule has 3 rings (SSSR count). The number of nitrogens with zero attached hydrogens (tertiary/aromatic N) is 3. The number of ether oxygens (including phenoxy) is 3. The van der Waals surface area contributed by atoms with Crippen molar-refractivity contribution in [3.63, 3.8) is 0 Å². The van der Waals surface area contributed by atoms with Gasteiger partial charge in [0.15, 0.2) is 0 Å². The molecule has 0 radical (unpaired) electrons. The Morgan fingerprint density at radius 3 is 2.15 bits per heavy atom. The molecule has 0 saturated heterocycles. The number of pyridine rings is 1. The van der Waals surface area contributed by atoms with Crippen LogP contribution < -0.4 is 9.75 Å². The highest BCUT2D eigenvalue weighted by atomic mass is 16.6. The van der Waals surface area contributed by atoms with Gasteiger partial charge in [-0.1, -0.05) is 24.3 Å². The zero-order chi connectivity index (χ0) is 24.0. The number of carbonyl (C=O) groups excluding carboxylic acids is 2. The van der Waals surface area contributed by atoms with Crippen LogP contribution in [0, 0.1) is 0 Å². The van der Waals surface area contributed by atoms with Crippen LogP contribution in [0.3, 0.4) is 0 Å². The molecular weight excluding hydrogens is 422 g/mol. The molecule has 0 unspecified atom stereocenters. The normalized spacial score (nSPS) is 10.9. The van der Waals surface area contributed by atoms with Gasteiger partial charge in [-0.15, -0.1) is 0 Å². The van der Waals surface area contributed by atoms with Gasteiger partial charge >= 0.3 is 12.2 Å². The summed E-state index contributed by atoms with van der Waals surface area (Å²) < 4.78 is 16.2. The van der Waals surface area contributed by atoms with E-state index < -0.39 is 12.2 Å². The zero-order valence-corrected chi connectivity index (χ0v) is 19.5. The van der Waals surface area contributed by atoms with Crippen molar-refractivity contribution >= 4 is 28.8 Å². The lowest BCUT2D eigenvalue weighted by Crippen LogP contribution is -2.51. The number of fused-ring (bicyclic) bond motifs is 1. The van der Waals surface area contributed by atoms with E-state index in [1.165, 1.54) is 10.0 Å². The molecule has 3 aromatic rings. The molecule has 2 amide bonds. The van der Waals surface area contributed by atoms with E-state index in [-0.39, 0.29) is 18.8 Å². The number of para-hydroxylation sites is 1. The molecule has 1 heterocycles. The highest BCUT2D eigenvalue weighted by molar-refractivity contribution is 5.91. The highest BCUT2D eigenvalue weighted by Gasteiger charge is 2.32. The molecule has 8 nitrogen and oxygen atoms in total. The number of amides is 2. The van der Waals surface area contributed by atoms with E-state index in [2.05, 4.69) is 4.98 Å². The van der Waals surface area contributed by atoms with Gasteiger partial charge in [-0.25, -0.2) is 14.6 Å². The largest absolute Gasteiger partial charge is 0.497 e. The van der Waals surface area contributed by atoms with Crippen LogP contribution >= 0.6 is 0 Å². The summed E-state index contributed by atoms with van der Waals surface area (Å²) in [5.41, 5.74) is 1.91. The molecule has 0 saturated carbocycles. The van der Waals surface area contributed by atoms with Crippen molar-refractivity contribution in [2.45, 2.75) is 46.4 Å². The van der Waals surface area contributed by atoms with E-state index in [1.54, 1.807) is 65.3 Å². The second-order valence-corrected chi connectivity index (χ2v) is 7.92. The molecule has 0 aliphatic carbocycles. The molecule has 0 aliphatic rings. The molecule has 0 aliphatic heterocycles. The standard InChI is InChI=1S/C25H29N3O5/c1-17(2)32-24(29)27(16-20-9-6-8-19-10-7-15-26-23(19)20)28(25(30)33-18(3)4)21-11-13-22(31-5)14-12-21/h6-15,17-18H,16H2,1-5H3. The van der Waals surface area contributed by atoms with Crippen LogP contribution in [0.25, 0.3) is 10.9 Å². The van der Waals surface area contributed by atoms with Crippen molar-refractivity contribution in [2.24, 2.45) is 0 Å². The minimum absolute atomic E-state index is 0.0408. The van der Waals surface area contributed by atoms with E-state index in [4.69, 9.17) is 14.2 Å². The van der Waals surface area contributed by atoms with E-state index in [9.17, 15) is 9.59 Å². The lowest BCUT2D eigenvalue weighted by Gasteiger charge is -2.34. The summed E-state index contributed by atoms with van der Waals surface area (Å²) in [5.74, 6) is 0.616. The third kappa shape index (κ3) is 5.91. The highest BCUT2D eigenvalue weighted by Crippen LogP contribution is 2.26. The Morgan fingerprint density at radius 2 is 1.52 bits per heavy atom. The van der Waals surface area contributed by atoms with Crippen molar-refractivity contribution in [2.75, 3.05) is 12.1 Å². The fourth-order valence-corrected chi connectivity index (χ4v) is 3.25. The Morgan fingerprint density at radius 1 is 0.879 bits per heavy atom. The van der Waals surface area contributed by atoms with Crippen molar-refractivity contribution in [3.8, 4) is 5.75 Å². The lowest BCUT2D eigenvalue weighted by molar-refractivity contribution is 0.0605. The van der Waals surface area contributed by atoms with Crippen LogP contribution in [0.2, 0.25) is 0 Å². The minimum Gasteiger partial charge on any atom is -0.497 e. The van der Waals surface area contributed by atoms with Gasteiger partial charge in [0.05, 0.1) is 37.1 Å². The summed E-state index contributed by atoms with van der Waals surface area (Å²) in [6.45, 7) is 7.03. The number of rotatable bonds is 6. The molecule has 33 heavy (non-hydrogen) atoms. The summed E-state index contributed by atoms with van der Waals surface area (Å²) in [7, 11) is 1.56. The van der Waals surface area contributed by atoms with Crippen molar-refractivity contribution in [3.05, 3.63) is 66.4 Å². The number of benzene rings is 2. The second-order valence-electron chi connectivity index (χ2n) is 7.92. The van der Waals surface area contributed by atoms with Crippen LogP contribution in [0.4, 0.5) is 15.3 Å². The number of hydrogen-bond donors (Lipinski definition) is 0. The molecule has 1 aromatic heterocycles. The Bertz CT molecular complexity index is 1090. The van der Waals surface area contributed by atoms with Gasteiger partial charge in [-0.2, -0.15) is 5.01 Å². The number of carbonyl (C=O) groups is 2. The predicted molar refractivity (Wildman–Crippen MR) is 126 cm³/mol. The van der Waals surface area contributed by atoms with Crippen molar-refractivity contribution < 1.29 is 23.8 Å². The Kier molecular flexibility index (Phi) is 7.71.